The van der Waals surface area contributed by atoms with E-state index in [0.717, 1.165) is 18.1 Å². The molecule has 0 aliphatic carbocycles. The number of aromatic nitrogens is 1. The van der Waals surface area contributed by atoms with E-state index in [1.165, 1.54) is 0 Å². The molecular weight excluding hydrogens is 158 g/mol. The van der Waals surface area contributed by atoms with Gasteiger partial charge in [-0.05, 0) is 18.4 Å². The number of ether oxygens (including phenoxy) is 1. The van der Waals surface area contributed by atoms with Gasteiger partial charge >= 0.3 is 0 Å². The molecule has 0 fully saturated rings. The minimum atomic E-state index is 0.757. The van der Waals surface area contributed by atoms with Crippen molar-refractivity contribution in [1.29, 1.82) is 0 Å². The Hall–Kier alpha value is -0.700. The molecule has 0 bridgehead atoms. The molecule has 3 heteroatoms. The first-order valence-electron chi connectivity index (χ1n) is 3.45. The Morgan fingerprint density at radius 3 is 3.18 bits per heavy atom. The van der Waals surface area contributed by atoms with Crippen LogP contribution in [0.25, 0.3) is 0 Å². The van der Waals surface area contributed by atoms with Crippen LogP contribution in [0.15, 0.2) is 24.5 Å². The highest BCUT2D eigenvalue weighted by atomic mass is 32.2. The summed E-state index contributed by atoms with van der Waals surface area (Å²) in [5.41, 5.74) is 0. The molecule has 60 valence electrons. The van der Waals surface area contributed by atoms with Gasteiger partial charge in [0.25, 0.3) is 0 Å². The van der Waals surface area contributed by atoms with Gasteiger partial charge < -0.3 is 4.74 Å². The van der Waals surface area contributed by atoms with Crippen LogP contribution in [0.4, 0.5) is 0 Å². The zero-order valence-corrected chi connectivity index (χ0v) is 7.30. The lowest BCUT2D eigenvalue weighted by Gasteiger charge is -2.02. The van der Waals surface area contributed by atoms with E-state index in [4.69, 9.17) is 4.74 Å². The molecule has 0 aliphatic heterocycles. The van der Waals surface area contributed by atoms with Crippen molar-refractivity contribution in [2.24, 2.45) is 0 Å². The molecule has 0 radical (unpaired) electrons. The Balaban J connectivity index is 2.28. The SMILES string of the molecule is CSCCOc1cccnc1. The van der Waals surface area contributed by atoms with E-state index in [2.05, 4.69) is 11.2 Å². The van der Waals surface area contributed by atoms with Crippen molar-refractivity contribution in [1.82, 2.24) is 4.98 Å². The van der Waals surface area contributed by atoms with Crippen LogP contribution in [0.5, 0.6) is 5.75 Å². The van der Waals surface area contributed by atoms with E-state index in [-0.39, 0.29) is 0 Å². The Morgan fingerprint density at radius 2 is 2.55 bits per heavy atom. The first-order chi connectivity index (χ1) is 5.43. The highest BCUT2D eigenvalue weighted by molar-refractivity contribution is 7.98. The molecule has 1 heterocycles. The maximum Gasteiger partial charge on any atom is 0.137 e. The average Bonchev–Trinajstić information content (AvgIpc) is 2.07. The largest absolute Gasteiger partial charge is 0.491 e. The first-order valence-corrected chi connectivity index (χ1v) is 4.84. The van der Waals surface area contributed by atoms with E-state index in [9.17, 15) is 0 Å². The lowest BCUT2D eigenvalue weighted by molar-refractivity contribution is 0.342. The Bertz CT molecular complexity index is 191. The van der Waals surface area contributed by atoms with Crippen LogP contribution in [0.3, 0.4) is 0 Å². The van der Waals surface area contributed by atoms with Crippen molar-refractivity contribution in [3.8, 4) is 5.75 Å². The fraction of sp³-hybridized carbons (Fsp3) is 0.375. The summed E-state index contributed by atoms with van der Waals surface area (Å²) in [7, 11) is 0. The minimum absolute atomic E-state index is 0.757. The molecule has 0 unspecified atom stereocenters. The zero-order valence-electron chi connectivity index (χ0n) is 6.49. The van der Waals surface area contributed by atoms with Gasteiger partial charge in [-0.1, -0.05) is 0 Å². The summed E-state index contributed by atoms with van der Waals surface area (Å²) in [6.45, 7) is 0.757. The van der Waals surface area contributed by atoms with Gasteiger partial charge in [-0.3, -0.25) is 4.98 Å². The Morgan fingerprint density at radius 1 is 1.64 bits per heavy atom. The topological polar surface area (TPSA) is 22.1 Å². The number of nitrogens with zero attached hydrogens (tertiary/aromatic N) is 1. The zero-order chi connectivity index (χ0) is 7.94. The van der Waals surface area contributed by atoms with Crippen LogP contribution in [0.1, 0.15) is 0 Å². The summed E-state index contributed by atoms with van der Waals surface area (Å²) in [5.74, 6) is 1.87. The summed E-state index contributed by atoms with van der Waals surface area (Å²) in [6, 6.07) is 3.78. The number of thioether (sulfide) groups is 1. The maximum atomic E-state index is 5.36. The third kappa shape index (κ3) is 3.28. The third-order valence-electron chi connectivity index (χ3n) is 1.19. The molecular formula is C8H11NOS. The van der Waals surface area contributed by atoms with E-state index < -0.39 is 0 Å². The van der Waals surface area contributed by atoms with Crippen molar-refractivity contribution < 1.29 is 4.74 Å². The molecule has 0 spiro atoms. The smallest absolute Gasteiger partial charge is 0.137 e. The fourth-order valence-corrected chi connectivity index (χ4v) is 0.925. The van der Waals surface area contributed by atoms with Crippen molar-refractivity contribution >= 4 is 11.8 Å². The quantitative estimate of drug-likeness (QED) is 0.642. The van der Waals surface area contributed by atoms with Crippen LogP contribution in [-0.2, 0) is 0 Å². The predicted octanol–water partition coefficient (Wildman–Crippen LogP) is 1.82. The van der Waals surface area contributed by atoms with Gasteiger partial charge in [-0.25, -0.2) is 0 Å². The van der Waals surface area contributed by atoms with Gasteiger partial charge in [-0.15, -0.1) is 0 Å². The van der Waals surface area contributed by atoms with Crippen LogP contribution in [0.2, 0.25) is 0 Å². The Labute approximate surface area is 71.0 Å². The van der Waals surface area contributed by atoms with Crippen LogP contribution in [0, 0.1) is 0 Å². The number of hydrogen-bond acceptors (Lipinski definition) is 3. The van der Waals surface area contributed by atoms with Gasteiger partial charge in [0.05, 0.1) is 12.8 Å². The number of rotatable bonds is 4. The van der Waals surface area contributed by atoms with Crippen LogP contribution < -0.4 is 4.74 Å². The van der Waals surface area contributed by atoms with E-state index in [1.54, 1.807) is 24.2 Å². The molecule has 0 saturated carbocycles. The molecule has 0 atom stereocenters. The monoisotopic (exact) mass is 169 g/mol. The molecule has 1 rings (SSSR count). The summed E-state index contributed by atoms with van der Waals surface area (Å²) in [6.07, 6.45) is 5.52. The standard InChI is InChI=1S/C8H11NOS/c1-11-6-5-10-8-3-2-4-9-7-8/h2-4,7H,5-6H2,1H3. The second kappa shape index (κ2) is 5.02. The van der Waals surface area contributed by atoms with Crippen molar-refractivity contribution in [3.63, 3.8) is 0 Å². The van der Waals surface area contributed by atoms with Crippen molar-refractivity contribution in [3.05, 3.63) is 24.5 Å². The summed E-state index contributed by atoms with van der Waals surface area (Å²) in [4.78, 5) is 3.93. The van der Waals surface area contributed by atoms with Crippen molar-refractivity contribution in [2.45, 2.75) is 0 Å². The molecule has 0 aromatic carbocycles. The summed E-state index contributed by atoms with van der Waals surface area (Å²) < 4.78 is 5.36. The normalized spacial score (nSPS) is 9.55. The van der Waals surface area contributed by atoms with Crippen LogP contribution in [-0.4, -0.2) is 23.6 Å². The second-order valence-electron chi connectivity index (χ2n) is 2.03. The number of hydrogen-bond donors (Lipinski definition) is 0. The fourth-order valence-electron chi connectivity index (χ4n) is 0.675. The number of pyridine rings is 1. The minimum Gasteiger partial charge on any atom is -0.491 e. The molecule has 11 heavy (non-hydrogen) atoms. The molecule has 0 saturated heterocycles. The molecule has 2 nitrogen and oxygen atoms in total. The highest BCUT2D eigenvalue weighted by Crippen LogP contribution is 2.06. The van der Waals surface area contributed by atoms with Gasteiger partial charge in [0.15, 0.2) is 0 Å². The van der Waals surface area contributed by atoms with E-state index >= 15 is 0 Å². The third-order valence-corrected chi connectivity index (χ3v) is 1.77. The second-order valence-corrected chi connectivity index (χ2v) is 3.02. The summed E-state index contributed by atoms with van der Waals surface area (Å²) >= 11 is 1.78. The average molecular weight is 169 g/mol. The first kappa shape index (κ1) is 8.40. The Kier molecular flexibility index (Phi) is 3.83. The molecule has 0 aliphatic rings. The van der Waals surface area contributed by atoms with Crippen molar-refractivity contribution in [2.75, 3.05) is 18.6 Å². The van der Waals surface area contributed by atoms with E-state index in [1.807, 2.05) is 12.1 Å². The van der Waals surface area contributed by atoms with Gasteiger partial charge in [-0.2, -0.15) is 11.8 Å². The highest BCUT2D eigenvalue weighted by Gasteiger charge is 1.89. The van der Waals surface area contributed by atoms with Crippen LogP contribution >= 0.6 is 11.8 Å². The van der Waals surface area contributed by atoms with E-state index in [0.29, 0.717) is 0 Å². The lowest BCUT2D eigenvalue weighted by Crippen LogP contribution is -1.99. The van der Waals surface area contributed by atoms with Gasteiger partial charge in [0.1, 0.15) is 5.75 Å². The maximum absolute atomic E-state index is 5.36. The molecule has 0 amide bonds. The summed E-state index contributed by atoms with van der Waals surface area (Å²) in [5, 5.41) is 0. The molecule has 0 N–H and O–H groups in total. The van der Waals surface area contributed by atoms with Gasteiger partial charge in [0, 0.05) is 11.9 Å². The predicted molar refractivity (Wildman–Crippen MR) is 48.1 cm³/mol. The molecule has 1 aromatic rings. The lowest BCUT2D eigenvalue weighted by atomic mass is 10.5. The van der Waals surface area contributed by atoms with Gasteiger partial charge in [0.2, 0.25) is 0 Å². The molecule has 1 aromatic heterocycles.